The fourth-order valence-corrected chi connectivity index (χ4v) is 1.10. The first kappa shape index (κ1) is 26.9. The summed E-state index contributed by atoms with van der Waals surface area (Å²) >= 11 is 0. The van der Waals surface area contributed by atoms with Crippen molar-refractivity contribution in [2.24, 2.45) is 0 Å². The van der Waals surface area contributed by atoms with Crippen molar-refractivity contribution in [3.05, 3.63) is 0 Å². The molecule has 0 spiro atoms. The molecule has 15 heteroatoms. The van der Waals surface area contributed by atoms with E-state index in [1.165, 1.54) is 0 Å². The molecule has 0 atom stereocenters. The van der Waals surface area contributed by atoms with E-state index >= 15 is 0 Å². The van der Waals surface area contributed by atoms with Crippen molar-refractivity contribution in [2.45, 2.75) is 0 Å². The molecule has 0 aromatic heterocycles. The topological polar surface area (TPSA) is 216 Å². The average molecular weight is 325 g/mol. The second kappa shape index (κ2) is 11.3. The van der Waals surface area contributed by atoms with Crippen molar-refractivity contribution in [2.75, 3.05) is 0 Å². The zero-order chi connectivity index (χ0) is 12.9. The van der Waals surface area contributed by atoms with Crippen molar-refractivity contribution in [1.82, 2.24) is 0 Å². The number of carbonyl (C=O) groups excluding carboxylic acids is 2. The molecule has 0 fully saturated rings. The van der Waals surface area contributed by atoms with Gasteiger partial charge in [0.1, 0.15) is 0 Å². The van der Waals surface area contributed by atoms with Crippen LogP contribution in [0.1, 0.15) is 0 Å². The Morgan fingerprint density at radius 1 is 0.824 bits per heavy atom. The molecule has 11 nitrogen and oxygen atoms in total. The molecule has 0 rings (SSSR count). The maximum atomic E-state index is 9.32. The Kier molecular flexibility index (Phi) is 17.9. The summed E-state index contributed by atoms with van der Waals surface area (Å²) < 4.78 is 21.2. The molecule has 0 aliphatic carbocycles. The number of rotatable bonds is 2. The number of hydrogen-bond donors (Lipinski definition) is 0. The van der Waals surface area contributed by atoms with E-state index in [4.69, 9.17) is 19.8 Å². The summed E-state index contributed by atoms with van der Waals surface area (Å²) in [7, 11) is -11.4. The standard InChI is InChI=1S/C2H2O4.Ca.Na.H4O7P2/c3-1(4)2(5)6;;;1-8(2,3)7-9(4,5)6/h(H,3,4)(H,5,6);;;(H2,1,2,3)(H2,4,5,6)/q;+2;+1;/p-6. The molecule has 90 valence electrons. The van der Waals surface area contributed by atoms with Gasteiger partial charge in [-0.3, -0.25) is 0 Å². The molecule has 0 aromatic rings. The van der Waals surface area contributed by atoms with Gasteiger partial charge < -0.3 is 52.8 Å². The molecule has 0 amide bonds. The molecule has 0 aliphatic rings. The van der Waals surface area contributed by atoms with E-state index in [1.807, 2.05) is 0 Å². The molecule has 0 heterocycles. The summed E-state index contributed by atoms with van der Waals surface area (Å²) in [6.45, 7) is 0. The molecule has 0 aliphatic heterocycles. The smallest absolute Gasteiger partial charge is 0.790 e. The Balaban J connectivity index is -0.0000000945. The van der Waals surface area contributed by atoms with Crippen LogP contribution in [0.3, 0.4) is 0 Å². The number of carboxylic acids is 2. The van der Waals surface area contributed by atoms with Crippen LogP contribution in [-0.2, 0) is 23.0 Å². The summed E-state index contributed by atoms with van der Waals surface area (Å²) in [6.07, 6.45) is 0. The van der Waals surface area contributed by atoms with Crippen LogP contribution in [-0.4, -0.2) is 49.7 Å². The van der Waals surface area contributed by atoms with Crippen LogP contribution in [0, 0.1) is 0 Å². The van der Waals surface area contributed by atoms with Crippen molar-refractivity contribution >= 4 is 65.3 Å². The van der Waals surface area contributed by atoms with Crippen LogP contribution in [0.5, 0.6) is 0 Å². The molecular weight excluding hydrogens is 325 g/mol. The van der Waals surface area contributed by atoms with Gasteiger partial charge in [-0.1, -0.05) is 0 Å². The van der Waals surface area contributed by atoms with Gasteiger partial charge in [-0.2, -0.15) is 0 Å². The first-order valence-corrected chi connectivity index (χ1v) is 5.45. The van der Waals surface area contributed by atoms with Crippen LogP contribution in [0.25, 0.3) is 0 Å². The maximum absolute atomic E-state index is 9.32. The Labute approximate surface area is 146 Å². The van der Waals surface area contributed by atoms with Gasteiger partial charge in [0.15, 0.2) is 0 Å². The van der Waals surface area contributed by atoms with Gasteiger partial charge in [-0.15, -0.1) is 0 Å². The molecule has 0 aromatic carbocycles. The maximum Gasteiger partial charge on any atom is 2.00 e. The van der Waals surface area contributed by atoms with Gasteiger partial charge in [0.25, 0.3) is 0 Å². The SMILES string of the molecule is O=C([O-])C(=O)[O-].O=P([O-])([O-])OP(=O)([O-])[O-].[Ca+2].[Na+]. The van der Waals surface area contributed by atoms with E-state index in [-0.39, 0.29) is 67.3 Å². The number of carboxylic acid groups (broad SMARTS) is 2. The first-order valence-electron chi connectivity index (χ1n) is 2.53. The monoisotopic (exact) mass is 325 g/mol. The summed E-state index contributed by atoms with van der Waals surface area (Å²) in [4.78, 5) is 55.2. The second-order valence-electron chi connectivity index (χ2n) is 1.55. The Morgan fingerprint density at radius 2 is 1.00 bits per heavy atom. The third-order valence-corrected chi connectivity index (χ3v) is 1.97. The molecule has 0 unspecified atom stereocenters. The van der Waals surface area contributed by atoms with Crippen LogP contribution in [0.4, 0.5) is 0 Å². The quantitative estimate of drug-likeness (QED) is 0.263. The van der Waals surface area contributed by atoms with Crippen molar-refractivity contribution in [3.8, 4) is 0 Å². The molecule has 17 heavy (non-hydrogen) atoms. The fourth-order valence-electron chi connectivity index (χ4n) is 0.122. The minimum absolute atomic E-state index is 0. The third kappa shape index (κ3) is 31.8. The van der Waals surface area contributed by atoms with Crippen LogP contribution in [0.2, 0.25) is 0 Å². The predicted molar refractivity (Wildman–Crippen MR) is 32.1 cm³/mol. The summed E-state index contributed by atoms with van der Waals surface area (Å²) in [5.74, 6) is -4.37. The minimum Gasteiger partial charge on any atom is -0.790 e. The number of carbonyl (C=O) groups is 2. The predicted octanol–water partition coefficient (Wildman–Crippen LogP) is -10.2. The third-order valence-electron chi connectivity index (χ3n) is 0.367. The van der Waals surface area contributed by atoms with Crippen LogP contribution in [0.15, 0.2) is 0 Å². The molecule has 0 saturated heterocycles. The molecule has 0 N–H and O–H groups in total. The van der Waals surface area contributed by atoms with Crippen molar-refractivity contribution in [3.63, 3.8) is 0 Å². The minimum atomic E-state index is -5.68. The summed E-state index contributed by atoms with van der Waals surface area (Å²) in [5, 5.41) is 17.9. The van der Waals surface area contributed by atoms with Gasteiger partial charge in [-0.25, -0.2) is 0 Å². The first-order chi connectivity index (χ1) is 6.35. The van der Waals surface area contributed by atoms with Gasteiger partial charge in [0.2, 0.25) is 0 Å². The van der Waals surface area contributed by atoms with Crippen molar-refractivity contribution in [1.29, 1.82) is 0 Å². The number of aliphatic carboxylic acids is 2. The summed E-state index contributed by atoms with van der Waals surface area (Å²) in [5.41, 5.74) is 0. The van der Waals surface area contributed by atoms with Gasteiger partial charge >= 0.3 is 67.3 Å². The fraction of sp³-hybridized carbons (Fsp3) is 0. The normalized spacial score (nSPS) is 9.88. The second-order valence-corrected chi connectivity index (χ2v) is 3.99. The molecule has 0 radical (unpaired) electrons. The Hall–Kier alpha value is 1.46. The Morgan fingerprint density at radius 3 is 1.00 bits per heavy atom. The molecule has 0 saturated carbocycles. The molecule has 0 bridgehead atoms. The average Bonchev–Trinajstić information content (AvgIpc) is 1.78. The van der Waals surface area contributed by atoms with Gasteiger partial charge in [0.05, 0.1) is 27.6 Å². The van der Waals surface area contributed by atoms with E-state index in [2.05, 4.69) is 4.31 Å². The number of hydrogen-bond acceptors (Lipinski definition) is 11. The van der Waals surface area contributed by atoms with Gasteiger partial charge in [0, 0.05) is 0 Å². The van der Waals surface area contributed by atoms with E-state index in [9.17, 15) is 28.7 Å². The van der Waals surface area contributed by atoms with E-state index in [0.717, 1.165) is 0 Å². The Bertz CT molecular complexity index is 296. The van der Waals surface area contributed by atoms with E-state index < -0.39 is 27.6 Å². The van der Waals surface area contributed by atoms with E-state index in [1.54, 1.807) is 0 Å². The van der Waals surface area contributed by atoms with Gasteiger partial charge in [-0.05, 0) is 0 Å². The largest absolute Gasteiger partial charge is 2.00 e. The van der Waals surface area contributed by atoms with Crippen LogP contribution >= 0.6 is 15.6 Å². The summed E-state index contributed by atoms with van der Waals surface area (Å²) in [6, 6.07) is 0. The van der Waals surface area contributed by atoms with E-state index in [0.29, 0.717) is 0 Å². The van der Waals surface area contributed by atoms with Crippen molar-refractivity contribution < 1.29 is 82.4 Å². The number of phosphoric acid groups is 2. The van der Waals surface area contributed by atoms with Crippen LogP contribution < -0.4 is 59.3 Å². The zero-order valence-electron chi connectivity index (χ0n) is 8.09. The zero-order valence-corrected chi connectivity index (χ0v) is 14.1. The molecular formula is C2CaNaO11P2-3.